The molecule has 5 heteroatoms. The van der Waals surface area contributed by atoms with Gasteiger partial charge in [0.05, 0.1) is 12.2 Å². The molecule has 0 aromatic carbocycles. The normalized spacial score (nSPS) is 20.1. The van der Waals surface area contributed by atoms with Crippen LogP contribution in [0.1, 0.15) is 46.5 Å². The third kappa shape index (κ3) is 3.78. The summed E-state index contributed by atoms with van der Waals surface area (Å²) in [6, 6.07) is 0. The van der Waals surface area contributed by atoms with E-state index in [2.05, 4.69) is 0 Å². The van der Waals surface area contributed by atoms with Gasteiger partial charge in [-0.15, -0.1) is 0 Å². The smallest absolute Gasteiger partial charge is 0.338 e. The summed E-state index contributed by atoms with van der Waals surface area (Å²) in [5, 5.41) is 0. The standard InChI is InChI=1S/C14H21F2NO2/c1-4-9(3)12(13(18)19-5-2)10-8-14(15,16)7-6-11(10)17/h4-8,17H2,1-3H3/b12-9-. The van der Waals surface area contributed by atoms with Crippen molar-refractivity contribution in [3.05, 3.63) is 22.4 Å². The second kappa shape index (κ2) is 6.17. The molecule has 0 fully saturated rings. The zero-order valence-corrected chi connectivity index (χ0v) is 11.7. The van der Waals surface area contributed by atoms with Crippen LogP contribution in [-0.2, 0) is 9.53 Å². The van der Waals surface area contributed by atoms with Gasteiger partial charge in [-0.1, -0.05) is 12.5 Å². The van der Waals surface area contributed by atoms with Crippen LogP contribution in [0.4, 0.5) is 8.78 Å². The molecule has 0 atom stereocenters. The van der Waals surface area contributed by atoms with E-state index in [9.17, 15) is 13.6 Å². The lowest BCUT2D eigenvalue weighted by molar-refractivity contribution is -0.138. The van der Waals surface area contributed by atoms with Crippen LogP contribution in [0.25, 0.3) is 0 Å². The fourth-order valence-corrected chi connectivity index (χ4v) is 2.11. The predicted molar refractivity (Wildman–Crippen MR) is 69.6 cm³/mol. The highest BCUT2D eigenvalue weighted by atomic mass is 19.3. The Morgan fingerprint density at radius 1 is 1.42 bits per heavy atom. The van der Waals surface area contributed by atoms with Crippen molar-refractivity contribution < 1.29 is 18.3 Å². The van der Waals surface area contributed by atoms with E-state index < -0.39 is 18.3 Å². The van der Waals surface area contributed by atoms with E-state index in [0.29, 0.717) is 12.1 Å². The van der Waals surface area contributed by atoms with Crippen LogP contribution in [0.2, 0.25) is 0 Å². The van der Waals surface area contributed by atoms with Crippen LogP contribution in [0.15, 0.2) is 22.4 Å². The molecule has 0 aromatic rings. The van der Waals surface area contributed by atoms with Crippen molar-refractivity contribution >= 4 is 5.97 Å². The minimum atomic E-state index is -2.80. The molecule has 0 radical (unpaired) electrons. The first-order chi connectivity index (χ1) is 8.82. The number of hydrogen-bond acceptors (Lipinski definition) is 3. The van der Waals surface area contributed by atoms with Gasteiger partial charge < -0.3 is 10.5 Å². The van der Waals surface area contributed by atoms with Crippen LogP contribution < -0.4 is 5.73 Å². The van der Waals surface area contributed by atoms with E-state index in [0.717, 1.165) is 5.57 Å². The summed E-state index contributed by atoms with van der Waals surface area (Å²) in [6.45, 7) is 5.51. The van der Waals surface area contributed by atoms with Crippen molar-refractivity contribution in [3.63, 3.8) is 0 Å². The molecule has 0 aliphatic heterocycles. The van der Waals surface area contributed by atoms with Gasteiger partial charge in [0, 0.05) is 18.5 Å². The molecule has 0 bridgehead atoms. The molecule has 0 spiro atoms. The minimum absolute atomic E-state index is 0.113. The van der Waals surface area contributed by atoms with Crippen LogP contribution in [0.5, 0.6) is 0 Å². The molecular formula is C14H21F2NO2. The Labute approximate surface area is 112 Å². The highest BCUT2D eigenvalue weighted by Gasteiger charge is 2.37. The molecule has 3 nitrogen and oxygen atoms in total. The van der Waals surface area contributed by atoms with Crippen molar-refractivity contribution in [2.24, 2.45) is 5.73 Å². The summed E-state index contributed by atoms with van der Waals surface area (Å²) in [4.78, 5) is 12.0. The molecule has 108 valence electrons. The maximum absolute atomic E-state index is 13.5. The number of allylic oxidation sites excluding steroid dienone is 2. The third-order valence-electron chi connectivity index (χ3n) is 3.32. The fourth-order valence-electron chi connectivity index (χ4n) is 2.11. The zero-order valence-electron chi connectivity index (χ0n) is 11.7. The SMILES string of the molecule is CCOC(=O)/C(C1=C(N)CCC(F)(F)C1)=C(/C)CC. The van der Waals surface area contributed by atoms with Gasteiger partial charge in [0.2, 0.25) is 0 Å². The lowest BCUT2D eigenvalue weighted by Crippen LogP contribution is -2.28. The van der Waals surface area contributed by atoms with E-state index in [-0.39, 0.29) is 30.6 Å². The summed E-state index contributed by atoms with van der Waals surface area (Å²) >= 11 is 0. The first-order valence-electron chi connectivity index (χ1n) is 6.55. The molecule has 1 rings (SSSR count). The molecule has 1 aliphatic rings. The Hall–Kier alpha value is -1.39. The number of carbonyl (C=O) groups excluding carboxylic acids is 1. The maximum Gasteiger partial charge on any atom is 0.338 e. The highest BCUT2D eigenvalue weighted by molar-refractivity contribution is 5.94. The summed E-state index contributed by atoms with van der Waals surface area (Å²) in [5.74, 6) is -3.36. The number of alkyl halides is 2. The number of ether oxygens (including phenoxy) is 1. The Bertz CT molecular complexity index is 425. The predicted octanol–water partition coefficient (Wildman–Crippen LogP) is 3.31. The number of hydrogen-bond donors (Lipinski definition) is 1. The Balaban J connectivity index is 3.22. The van der Waals surface area contributed by atoms with Gasteiger partial charge in [0.15, 0.2) is 0 Å². The van der Waals surface area contributed by atoms with Crippen molar-refractivity contribution in [1.82, 2.24) is 0 Å². The van der Waals surface area contributed by atoms with Gasteiger partial charge in [0.1, 0.15) is 0 Å². The largest absolute Gasteiger partial charge is 0.462 e. The summed E-state index contributed by atoms with van der Waals surface area (Å²) in [5.41, 5.74) is 7.43. The van der Waals surface area contributed by atoms with Crippen LogP contribution in [-0.4, -0.2) is 18.5 Å². The van der Waals surface area contributed by atoms with Crippen LogP contribution >= 0.6 is 0 Å². The molecule has 0 saturated heterocycles. The lowest BCUT2D eigenvalue weighted by Gasteiger charge is -2.27. The Morgan fingerprint density at radius 2 is 2.05 bits per heavy atom. The average molecular weight is 273 g/mol. The monoisotopic (exact) mass is 273 g/mol. The fraction of sp³-hybridized carbons (Fsp3) is 0.643. The van der Waals surface area contributed by atoms with E-state index >= 15 is 0 Å². The van der Waals surface area contributed by atoms with Gasteiger partial charge in [-0.2, -0.15) is 0 Å². The number of esters is 1. The average Bonchev–Trinajstić information content (AvgIpc) is 2.34. The zero-order chi connectivity index (χ0) is 14.6. The van der Waals surface area contributed by atoms with Crippen LogP contribution in [0, 0.1) is 0 Å². The van der Waals surface area contributed by atoms with E-state index in [1.54, 1.807) is 13.8 Å². The summed E-state index contributed by atoms with van der Waals surface area (Å²) in [7, 11) is 0. The molecule has 0 unspecified atom stereocenters. The molecule has 0 heterocycles. The van der Waals surface area contributed by atoms with Gasteiger partial charge >= 0.3 is 5.97 Å². The van der Waals surface area contributed by atoms with Crippen molar-refractivity contribution in [2.45, 2.75) is 52.4 Å². The van der Waals surface area contributed by atoms with Gasteiger partial charge in [-0.25, -0.2) is 13.6 Å². The van der Waals surface area contributed by atoms with E-state index in [1.807, 2.05) is 6.92 Å². The summed E-state index contributed by atoms with van der Waals surface area (Å²) in [6.07, 6.45) is -0.0351. The molecule has 0 aromatic heterocycles. The van der Waals surface area contributed by atoms with Crippen molar-refractivity contribution in [3.8, 4) is 0 Å². The van der Waals surface area contributed by atoms with Gasteiger partial charge in [-0.05, 0) is 32.3 Å². The van der Waals surface area contributed by atoms with Crippen molar-refractivity contribution in [2.75, 3.05) is 6.61 Å². The molecular weight excluding hydrogens is 252 g/mol. The molecule has 0 saturated carbocycles. The first kappa shape index (κ1) is 15.7. The highest BCUT2D eigenvalue weighted by Crippen LogP contribution is 2.39. The third-order valence-corrected chi connectivity index (χ3v) is 3.32. The molecule has 19 heavy (non-hydrogen) atoms. The lowest BCUT2D eigenvalue weighted by atomic mass is 9.86. The van der Waals surface area contributed by atoms with E-state index in [4.69, 9.17) is 10.5 Å². The Morgan fingerprint density at radius 3 is 2.58 bits per heavy atom. The van der Waals surface area contributed by atoms with Gasteiger partial charge in [0.25, 0.3) is 5.92 Å². The maximum atomic E-state index is 13.5. The number of halogens is 2. The quantitative estimate of drug-likeness (QED) is 0.631. The van der Waals surface area contributed by atoms with E-state index in [1.165, 1.54) is 0 Å². The topological polar surface area (TPSA) is 52.3 Å². The number of nitrogens with two attached hydrogens (primary N) is 1. The molecule has 1 aliphatic carbocycles. The summed E-state index contributed by atoms with van der Waals surface area (Å²) < 4.78 is 32.0. The van der Waals surface area contributed by atoms with Crippen molar-refractivity contribution in [1.29, 1.82) is 0 Å². The molecule has 2 N–H and O–H groups in total. The number of carbonyl (C=O) groups is 1. The second-order valence-electron chi connectivity index (χ2n) is 4.77. The van der Waals surface area contributed by atoms with Gasteiger partial charge in [-0.3, -0.25) is 0 Å². The Kier molecular flexibility index (Phi) is 5.09. The van der Waals surface area contributed by atoms with Crippen LogP contribution in [0.3, 0.4) is 0 Å². The molecule has 0 amide bonds. The number of rotatable bonds is 4. The minimum Gasteiger partial charge on any atom is -0.462 e. The first-order valence-corrected chi connectivity index (χ1v) is 6.55. The second-order valence-corrected chi connectivity index (χ2v) is 4.77.